The van der Waals surface area contributed by atoms with Gasteiger partial charge >= 0.3 is 6.03 Å². The number of nitro groups is 1. The molecule has 0 radical (unpaired) electrons. The van der Waals surface area contributed by atoms with Gasteiger partial charge in [-0.3, -0.25) is 25.0 Å². The van der Waals surface area contributed by atoms with Crippen LogP contribution in [-0.2, 0) is 20.7 Å². The number of urea groups is 1. The number of amides is 4. The monoisotopic (exact) mass is 452 g/mol. The Morgan fingerprint density at radius 1 is 1.18 bits per heavy atom. The van der Waals surface area contributed by atoms with E-state index in [0.717, 1.165) is 4.90 Å². The van der Waals surface area contributed by atoms with Crippen LogP contribution in [0.2, 0.25) is 0 Å². The zero-order valence-electron chi connectivity index (χ0n) is 17.6. The zero-order chi connectivity index (χ0) is 23.3. The number of carbonyl (C=O) groups excluding carboxylic acids is 3. The van der Waals surface area contributed by atoms with Crippen molar-refractivity contribution >= 4 is 34.9 Å². The van der Waals surface area contributed by atoms with Crippen molar-refractivity contribution in [3.63, 3.8) is 0 Å². The fourth-order valence-electron chi connectivity index (χ4n) is 4.96. The van der Waals surface area contributed by atoms with Gasteiger partial charge in [0.15, 0.2) is 5.41 Å². The van der Waals surface area contributed by atoms with E-state index in [1.54, 1.807) is 30.3 Å². The molecule has 0 bridgehead atoms. The quantitative estimate of drug-likeness (QED) is 0.422. The summed E-state index contributed by atoms with van der Waals surface area (Å²) in [5.74, 6) is -1.19. The fourth-order valence-corrected chi connectivity index (χ4v) is 4.96. The van der Waals surface area contributed by atoms with E-state index in [9.17, 15) is 24.5 Å². The maximum Gasteiger partial charge on any atom is 0.335 e. The number of carbonyl (C=O) groups is 3. The third kappa shape index (κ3) is 2.96. The highest BCUT2D eigenvalue weighted by molar-refractivity contribution is 6.31. The summed E-state index contributed by atoms with van der Waals surface area (Å²) in [5.41, 5.74) is -0.474. The van der Waals surface area contributed by atoms with E-state index >= 15 is 0 Å². The second kappa shape index (κ2) is 7.55. The lowest BCUT2D eigenvalue weighted by atomic mass is 9.68. The van der Waals surface area contributed by atoms with Crippen LogP contribution in [0, 0.1) is 15.5 Å². The minimum absolute atomic E-state index is 0.0868. The maximum atomic E-state index is 14.0. The van der Waals surface area contributed by atoms with Crippen molar-refractivity contribution in [3.05, 3.63) is 58.1 Å². The van der Waals surface area contributed by atoms with Crippen molar-refractivity contribution in [2.24, 2.45) is 5.41 Å². The maximum absolute atomic E-state index is 14.0. The molecular weight excluding hydrogens is 432 g/mol. The summed E-state index contributed by atoms with van der Waals surface area (Å²) < 4.78 is 11.0. The number of benzene rings is 2. The summed E-state index contributed by atoms with van der Waals surface area (Å²) in [7, 11) is 1.42. The number of non-ortho nitro benzene ring substituents is 1. The van der Waals surface area contributed by atoms with Gasteiger partial charge in [-0.1, -0.05) is 12.1 Å². The molecule has 0 aromatic heterocycles. The number of hydrogen-bond donors (Lipinski definition) is 1. The predicted molar refractivity (Wildman–Crippen MR) is 115 cm³/mol. The lowest BCUT2D eigenvalue weighted by Gasteiger charge is -2.53. The van der Waals surface area contributed by atoms with Crippen molar-refractivity contribution in [3.8, 4) is 5.75 Å². The van der Waals surface area contributed by atoms with Gasteiger partial charge in [-0.15, -0.1) is 0 Å². The number of nitro benzene ring substituents is 1. The number of barbiturate groups is 1. The first-order valence-corrected chi connectivity index (χ1v) is 10.3. The minimum Gasteiger partial charge on any atom is -0.495 e. The molecule has 2 unspecified atom stereocenters. The van der Waals surface area contributed by atoms with E-state index in [-0.39, 0.29) is 30.2 Å². The van der Waals surface area contributed by atoms with Crippen molar-refractivity contribution in [1.29, 1.82) is 0 Å². The van der Waals surface area contributed by atoms with Crippen LogP contribution in [0.1, 0.15) is 5.56 Å². The number of morpholine rings is 1. The number of fused-ring (bicyclic) bond motifs is 4. The van der Waals surface area contributed by atoms with Gasteiger partial charge in [0.1, 0.15) is 5.75 Å². The highest BCUT2D eigenvalue weighted by Gasteiger charge is 2.63. The van der Waals surface area contributed by atoms with Gasteiger partial charge < -0.3 is 14.4 Å². The summed E-state index contributed by atoms with van der Waals surface area (Å²) in [6.07, 6.45) is -0.113. The van der Waals surface area contributed by atoms with E-state index < -0.39 is 34.2 Å². The Hall–Kier alpha value is -3.99. The second-order valence-corrected chi connectivity index (χ2v) is 8.07. The van der Waals surface area contributed by atoms with Gasteiger partial charge in [-0.05, 0) is 23.8 Å². The van der Waals surface area contributed by atoms with Gasteiger partial charge in [0.25, 0.3) is 11.6 Å². The first-order valence-electron chi connectivity index (χ1n) is 10.3. The van der Waals surface area contributed by atoms with Crippen LogP contribution in [0.3, 0.4) is 0 Å². The van der Waals surface area contributed by atoms with Crippen LogP contribution in [0.4, 0.5) is 21.9 Å². The van der Waals surface area contributed by atoms with Gasteiger partial charge in [0.2, 0.25) is 5.91 Å². The fraction of sp³-hybridized carbons (Fsp3) is 0.318. The van der Waals surface area contributed by atoms with Gasteiger partial charge in [-0.25, -0.2) is 9.69 Å². The summed E-state index contributed by atoms with van der Waals surface area (Å²) in [5, 5.41) is 13.7. The zero-order valence-corrected chi connectivity index (χ0v) is 17.6. The summed E-state index contributed by atoms with van der Waals surface area (Å²) >= 11 is 0. The summed E-state index contributed by atoms with van der Waals surface area (Å²) in [6, 6.07) is 9.34. The molecule has 0 aliphatic carbocycles. The molecule has 33 heavy (non-hydrogen) atoms. The van der Waals surface area contributed by atoms with E-state index in [0.29, 0.717) is 24.4 Å². The molecule has 2 aromatic carbocycles. The Balaban J connectivity index is 1.68. The molecule has 0 saturated carbocycles. The van der Waals surface area contributed by atoms with Crippen LogP contribution in [-0.4, -0.2) is 55.7 Å². The number of anilines is 2. The van der Waals surface area contributed by atoms with Crippen LogP contribution >= 0.6 is 0 Å². The number of rotatable bonds is 3. The number of nitrogens with one attached hydrogen (secondary N) is 1. The Bertz CT molecular complexity index is 1200. The standard InChI is InChI=1S/C22H20N4O7/c1-32-17-5-3-2-4-16(17)25-20(28)22(19(27)23-21(25)29)11-13-10-14(26(30)31)6-7-15(13)24-8-9-33-12-18(22)24/h2-7,10,18H,8-9,11-12H2,1H3,(H,23,27,29). The first kappa shape index (κ1) is 20.9. The predicted octanol–water partition coefficient (Wildman–Crippen LogP) is 1.63. The van der Waals surface area contributed by atoms with Crippen LogP contribution < -0.4 is 19.9 Å². The smallest absolute Gasteiger partial charge is 0.335 e. The second-order valence-electron chi connectivity index (χ2n) is 8.07. The lowest BCUT2D eigenvalue weighted by Crippen LogP contribution is -2.74. The third-order valence-corrected chi connectivity index (χ3v) is 6.49. The van der Waals surface area contributed by atoms with Crippen molar-refractivity contribution in [2.45, 2.75) is 12.5 Å². The van der Waals surface area contributed by atoms with Gasteiger partial charge in [0.05, 0.1) is 37.0 Å². The molecule has 2 fully saturated rings. The van der Waals surface area contributed by atoms with Crippen LogP contribution in [0.15, 0.2) is 42.5 Å². The molecule has 170 valence electrons. The molecule has 4 amide bonds. The Labute approximate surface area is 188 Å². The summed E-state index contributed by atoms with van der Waals surface area (Å²) in [6.45, 7) is 0.845. The minimum atomic E-state index is -1.72. The Kier molecular flexibility index (Phi) is 4.78. The van der Waals surface area contributed by atoms with E-state index in [4.69, 9.17) is 9.47 Å². The third-order valence-electron chi connectivity index (χ3n) is 6.49. The Morgan fingerprint density at radius 3 is 2.73 bits per heavy atom. The van der Waals surface area contributed by atoms with Crippen molar-refractivity contribution in [1.82, 2.24) is 5.32 Å². The molecule has 3 aliphatic heterocycles. The van der Waals surface area contributed by atoms with Gasteiger partial charge in [0, 0.05) is 30.8 Å². The molecule has 1 N–H and O–H groups in total. The number of hydrogen-bond acceptors (Lipinski definition) is 8. The van der Waals surface area contributed by atoms with Crippen LogP contribution in [0.25, 0.3) is 0 Å². The molecule has 5 rings (SSSR count). The van der Waals surface area contributed by atoms with E-state index in [1.807, 2.05) is 4.90 Å². The topological polar surface area (TPSA) is 131 Å². The first-order chi connectivity index (χ1) is 15.9. The molecule has 3 aliphatic rings. The average molecular weight is 452 g/mol. The number of para-hydroxylation sites is 2. The molecular formula is C22H20N4O7. The molecule has 1 spiro atoms. The lowest BCUT2D eigenvalue weighted by molar-refractivity contribution is -0.384. The average Bonchev–Trinajstić information content (AvgIpc) is 2.82. The number of methoxy groups -OCH3 is 1. The number of nitrogens with zero attached hydrogens (tertiary/aromatic N) is 3. The van der Waals surface area contributed by atoms with Gasteiger partial charge in [-0.2, -0.15) is 0 Å². The largest absolute Gasteiger partial charge is 0.495 e. The highest BCUT2D eigenvalue weighted by atomic mass is 16.6. The number of imide groups is 2. The van der Waals surface area contributed by atoms with Crippen molar-refractivity contribution in [2.75, 3.05) is 36.7 Å². The number of ether oxygens (including phenoxy) is 2. The highest BCUT2D eigenvalue weighted by Crippen LogP contribution is 2.47. The molecule has 2 atom stereocenters. The Morgan fingerprint density at radius 2 is 1.97 bits per heavy atom. The molecule has 11 nitrogen and oxygen atoms in total. The molecule has 2 aromatic rings. The normalized spacial score (nSPS) is 24.3. The van der Waals surface area contributed by atoms with E-state index in [2.05, 4.69) is 5.32 Å². The molecule has 3 heterocycles. The van der Waals surface area contributed by atoms with Crippen molar-refractivity contribution < 1.29 is 28.8 Å². The van der Waals surface area contributed by atoms with Crippen LogP contribution in [0.5, 0.6) is 5.75 Å². The molecule has 2 saturated heterocycles. The molecule has 11 heteroatoms. The van der Waals surface area contributed by atoms with E-state index in [1.165, 1.54) is 19.2 Å². The summed E-state index contributed by atoms with van der Waals surface area (Å²) in [4.78, 5) is 53.9. The SMILES string of the molecule is COc1ccccc1N1C(=O)NC(=O)C2(Cc3cc([N+](=O)[O-])ccc3N3CCOCC32)C1=O.